The first kappa shape index (κ1) is 31.6. The molecule has 0 aliphatic heterocycles. The summed E-state index contributed by atoms with van der Waals surface area (Å²) in [5, 5.41) is 0.918. The highest BCUT2D eigenvalue weighted by Gasteiger charge is 2.40. The van der Waals surface area contributed by atoms with Gasteiger partial charge in [-0.1, -0.05) is 61.7 Å². The van der Waals surface area contributed by atoms with Crippen LogP contribution in [0.3, 0.4) is 0 Å². The molecule has 0 N–H and O–H groups in total. The third kappa shape index (κ3) is 8.42. The third-order valence-electron chi connectivity index (χ3n) is 5.30. The number of carbonyl (C=O) groups excluding carboxylic acids is 1. The quantitative estimate of drug-likeness (QED) is 0.175. The minimum Gasteiger partial charge on any atom is -0.443 e. The maximum absolute atomic E-state index is 13.8. The minimum absolute atomic E-state index is 0.229. The lowest BCUT2D eigenvalue weighted by atomic mass is 9.77. The number of anilines is 2. The highest BCUT2D eigenvalue weighted by Crippen LogP contribution is 2.45. The van der Waals surface area contributed by atoms with E-state index < -0.39 is 20.7 Å². The van der Waals surface area contributed by atoms with Gasteiger partial charge >= 0.3 is 6.09 Å². The summed E-state index contributed by atoms with van der Waals surface area (Å²) in [6, 6.07) is 4.88. The summed E-state index contributed by atoms with van der Waals surface area (Å²) in [6.07, 6.45) is 1.41. The molecule has 0 spiro atoms. The highest BCUT2D eigenvalue weighted by molar-refractivity contribution is 6.48. The smallest absolute Gasteiger partial charge is 0.420 e. The van der Waals surface area contributed by atoms with E-state index in [9.17, 15) is 4.79 Å². The van der Waals surface area contributed by atoms with Crippen molar-refractivity contribution in [3.8, 4) is 0 Å². The Hall–Kier alpha value is -1.64. The Balaban J connectivity index is 2.94. The topological polar surface area (TPSA) is 64.6 Å². The molecule has 1 aromatic carbocycles. The van der Waals surface area contributed by atoms with Gasteiger partial charge in [0.25, 0.3) is 0 Å². The van der Waals surface area contributed by atoms with Crippen molar-refractivity contribution < 1.29 is 14.0 Å². The Labute approximate surface area is 238 Å². The zero-order chi connectivity index (χ0) is 28.3. The lowest BCUT2D eigenvalue weighted by Crippen LogP contribution is -2.40. The number of nitrogens with zero attached hydrogens (tertiary/aromatic N) is 3. The molecule has 1 aromatic heterocycles. The molecule has 0 aliphatic rings. The molecule has 0 saturated carbocycles. The van der Waals surface area contributed by atoms with E-state index in [1.165, 1.54) is 4.90 Å². The van der Waals surface area contributed by atoms with Gasteiger partial charge in [0.1, 0.15) is 16.6 Å². The largest absolute Gasteiger partial charge is 0.443 e. The maximum Gasteiger partial charge on any atom is 0.420 e. The first-order valence-electron chi connectivity index (χ1n) is 12.1. The Bertz CT molecular complexity index is 1130. The normalized spacial score (nSPS) is 13.9. The minimum atomic E-state index is -1.10. The van der Waals surface area contributed by atoms with Crippen LogP contribution in [0.4, 0.5) is 16.3 Å². The molecule has 1 heterocycles. The lowest BCUT2D eigenvalue weighted by Gasteiger charge is -2.39. The number of benzene rings is 1. The van der Waals surface area contributed by atoms with E-state index in [0.717, 1.165) is 0 Å². The van der Waals surface area contributed by atoms with Crippen molar-refractivity contribution in [3.05, 3.63) is 57.4 Å². The highest BCUT2D eigenvalue weighted by atomic mass is 35.5. The number of amides is 1. The summed E-state index contributed by atoms with van der Waals surface area (Å²) in [7, 11) is -1.10. The third-order valence-corrected chi connectivity index (χ3v) is 6.85. The number of aromatic nitrogens is 2. The van der Waals surface area contributed by atoms with Gasteiger partial charge in [0, 0.05) is 16.5 Å². The number of carbonyl (C=O) groups is 1. The van der Waals surface area contributed by atoms with E-state index in [-0.39, 0.29) is 33.4 Å². The van der Waals surface area contributed by atoms with Crippen molar-refractivity contribution in [3.63, 3.8) is 0 Å². The number of hydrogen-bond donors (Lipinski definition) is 0. The Morgan fingerprint density at radius 2 is 1.76 bits per heavy atom. The second-order valence-electron chi connectivity index (χ2n) is 11.2. The predicted molar refractivity (Wildman–Crippen MR) is 156 cm³/mol. The van der Waals surface area contributed by atoms with Crippen LogP contribution < -0.4 is 4.90 Å². The van der Waals surface area contributed by atoms with E-state index in [1.807, 2.05) is 6.08 Å². The molecule has 6 nitrogen and oxygen atoms in total. The predicted octanol–water partition coefficient (Wildman–Crippen LogP) is 9.16. The van der Waals surface area contributed by atoms with Crippen molar-refractivity contribution in [1.82, 2.24) is 9.97 Å². The van der Waals surface area contributed by atoms with Crippen LogP contribution in [0.15, 0.2) is 30.9 Å². The summed E-state index contributed by atoms with van der Waals surface area (Å²) in [5.41, 5.74) is -0.126. The van der Waals surface area contributed by atoms with Gasteiger partial charge in [-0.2, -0.15) is 0 Å². The first-order valence-corrected chi connectivity index (χ1v) is 15.6. The van der Waals surface area contributed by atoms with Crippen LogP contribution in [0.25, 0.3) is 0 Å². The van der Waals surface area contributed by atoms with Gasteiger partial charge in [-0.15, -0.1) is 6.58 Å². The zero-order valence-electron chi connectivity index (χ0n) is 23.1. The van der Waals surface area contributed by atoms with E-state index in [4.69, 9.17) is 48.9 Å². The van der Waals surface area contributed by atoms with Crippen molar-refractivity contribution in [1.29, 1.82) is 0 Å². The van der Waals surface area contributed by atoms with Crippen LogP contribution in [0, 0.1) is 12.3 Å². The summed E-state index contributed by atoms with van der Waals surface area (Å²) < 4.78 is 12.4. The number of halogens is 3. The molecule has 0 bridgehead atoms. The van der Waals surface area contributed by atoms with E-state index >= 15 is 0 Å². The molecule has 2 rings (SSSR count). The Morgan fingerprint density at radius 3 is 2.24 bits per heavy atom. The van der Waals surface area contributed by atoms with Crippen LogP contribution in [-0.2, 0) is 9.16 Å². The average molecular weight is 586 g/mol. The van der Waals surface area contributed by atoms with Gasteiger partial charge < -0.3 is 9.16 Å². The lowest BCUT2D eigenvalue weighted by molar-refractivity contribution is 0.0582. The van der Waals surface area contributed by atoms with Crippen LogP contribution in [0.1, 0.15) is 65.3 Å². The molecule has 2 atom stereocenters. The van der Waals surface area contributed by atoms with Crippen molar-refractivity contribution in [2.24, 2.45) is 5.41 Å². The maximum atomic E-state index is 13.8. The van der Waals surface area contributed by atoms with Crippen molar-refractivity contribution >= 4 is 61.4 Å². The van der Waals surface area contributed by atoms with Crippen LogP contribution in [0.5, 0.6) is 0 Å². The molecular formula is C27H37Cl3N3O3Si. The van der Waals surface area contributed by atoms with Gasteiger partial charge in [0.2, 0.25) is 9.04 Å². The van der Waals surface area contributed by atoms with E-state index in [2.05, 4.69) is 45.4 Å². The monoisotopic (exact) mass is 584 g/mol. The van der Waals surface area contributed by atoms with E-state index in [0.29, 0.717) is 28.5 Å². The second-order valence-corrected chi connectivity index (χ2v) is 14.4. The fourth-order valence-electron chi connectivity index (χ4n) is 3.98. The molecule has 0 saturated heterocycles. The number of rotatable bonds is 8. The zero-order valence-corrected chi connectivity index (χ0v) is 26.3. The summed E-state index contributed by atoms with van der Waals surface area (Å²) in [5.74, 6) is 0.363. The van der Waals surface area contributed by atoms with Gasteiger partial charge in [-0.25, -0.2) is 19.7 Å². The summed E-state index contributed by atoms with van der Waals surface area (Å²) in [6.45, 7) is 21.6. The van der Waals surface area contributed by atoms with Gasteiger partial charge in [-0.05, 0) is 70.8 Å². The van der Waals surface area contributed by atoms with Crippen molar-refractivity contribution in [2.75, 3.05) is 4.90 Å². The van der Waals surface area contributed by atoms with Crippen molar-refractivity contribution in [2.45, 2.75) is 85.6 Å². The molecule has 1 radical (unpaired) electrons. The molecule has 2 unspecified atom stereocenters. The summed E-state index contributed by atoms with van der Waals surface area (Å²) >= 11 is 19.7. The van der Waals surface area contributed by atoms with Gasteiger partial charge in [0.15, 0.2) is 5.82 Å². The van der Waals surface area contributed by atoms with Crippen LogP contribution in [0.2, 0.25) is 28.3 Å². The standard InChI is InChI=1S/C27H37Cl3N3O3Si/c1-11-12-18(22(26(3,4)5)36-37(9)10)21-23(30)31-16(2)32-24(21)33(25(34)35-27(6,7)8)20-14-13-17(28)15-19(20)29/h11,13-15,18,22H,1,12H2,2-10H3. The van der Waals surface area contributed by atoms with Gasteiger partial charge in [0.05, 0.1) is 16.8 Å². The van der Waals surface area contributed by atoms with E-state index in [1.54, 1.807) is 45.9 Å². The van der Waals surface area contributed by atoms with Gasteiger partial charge in [-0.3, -0.25) is 0 Å². The van der Waals surface area contributed by atoms with Crippen LogP contribution in [-0.4, -0.2) is 36.8 Å². The molecule has 1 amide bonds. The molecule has 0 aliphatic carbocycles. The SMILES string of the molecule is C=CCC(c1c(Cl)nc(C)nc1N(C(=O)OC(C)(C)C)c1ccc(Cl)cc1Cl)C(O[Si](C)C)C(C)(C)C. The molecule has 2 aromatic rings. The average Bonchev–Trinajstić information content (AvgIpc) is 2.70. The Kier molecular flexibility index (Phi) is 10.6. The number of ether oxygens (including phenoxy) is 1. The number of allylic oxidation sites excluding steroid dienone is 1. The molecule has 0 fully saturated rings. The number of aryl methyl sites for hydroxylation is 1. The first-order chi connectivity index (χ1) is 17.0. The fourth-order valence-corrected chi connectivity index (χ4v) is 5.85. The summed E-state index contributed by atoms with van der Waals surface area (Å²) in [4.78, 5) is 24.3. The molecule has 37 heavy (non-hydrogen) atoms. The fraction of sp³-hybridized carbons (Fsp3) is 0.519. The molecule has 10 heteroatoms. The number of hydrogen-bond acceptors (Lipinski definition) is 5. The second kappa shape index (κ2) is 12.5. The molecular weight excluding hydrogens is 549 g/mol. The van der Waals surface area contributed by atoms with Crippen LogP contribution >= 0.6 is 34.8 Å². The molecule has 203 valence electrons. The Morgan fingerprint density at radius 1 is 1.14 bits per heavy atom.